The maximum atomic E-state index is 11.3. The van der Waals surface area contributed by atoms with E-state index < -0.39 is 5.97 Å². The smallest absolute Gasteiger partial charge is 0.307 e. The third kappa shape index (κ3) is 2.85. The molecule has 0 aliphatic carbocycles. The molecule has 5 heteroatoms. The van der Waals surface area contributed by atoms with Crippen LogP contribution < -0.4 is 0 Å². The van der Waals surface area contributed by atoms with Gasteiger partial charge < -0.3 is 9.67 Å². The first-order valence-corrected chi connectivity index (χ1v) is 9.24. The van der Waals surface area contributed by atoms with Gasteiger partial charge in [-0.2, -0.15) is 11.3 Å². The highest BCUT2D eigenvalue weighted by molar-refractivity contribution is 7.08. The van der Waals surface area contributed by atoms with Crippen molar-refractivity contribution < 1.29 is 9.90 Å². The molecule has 0 radical (unpaired) electrons. The molecule has 3 aromatic rings. The standard InChI is InChI=1S/C19H20N2O2S/c22-19(23)15-5-3-8-20(11-15)12-17-10-14-4-1-2-6-18(14)21(17)16-7-9-24-13-16/h1-2,4,6-7,9-10,13,15H,3,5,8,11-12H2,(H,22,23). The molecule has 3 heterocycles. The predicted octanol–water partition coefficient (Wildman–Crippen LogP) is 3.99. The number of hydrogen-bond donors (Lipinski definition) is 1. The van der Waals surface area contributed by atoms with Crippen molar-refractivity contribution in [3.05, 3.63) is 52.9 Å². The molecular formula is C19H20N2O2S. The van der Waals surface area contributed by atoms with Crippen LogP contribution in [0.1, 0.15) is 18.5 Å². The van der Waals surface area contributed by atoms with E-state index in [9.17, 15) is 9.90 Å². The number of thiophene rings is 1. The Morgan fingerprint density at radius 1 is 1.29 bits per heavy atom. The molecule has 24 heavy (non-hydrogen) atoms. The first-order chi connectivity index (χ1) is 11.7. The van der Waals surface area contributed by atoms with Gasteiger partial charge in [0.2, 0.25) is 0 Å². The number of para-hydroxylation sites is 1. The van der Waals surface area contributed by atoms with E-state index >= 15 is 0 Å². The number of rotatable bonds is 4. The second-order valence-electron chi connectivity index (χ2n) is 6.42. The molecule has 2 aromatic heterocycles. The zero-order valence-corrected chi connectivity index (χ0v) is 14.2. The molecule has 0 spiro atoms. The first kappa shape index (κ1) is 15.4. The van der Waals surface area contributed by atoms with Crippen molar-refractivity contribution in [2.45, 2.75) is 19.4 Å². The van der Waals surface area contributed by atoms with Crippen molar-refractivity contribution in [1.82, 2.24) is 9.47 Å². The summed E-state index contributed by atoms with van der Waals surface area (Å²) >= 11 is 1.69. The fourth-order valence-corrected chi connectivity index (χ4v) is 4.27. The third-order valence-corrected chi connectivity index (χ3v) is 5.46. The van der Waals surface area contributed by atoms with Crippen LogP contribution in [0.4, 0.5) is 0 Å². The summed E-state index contributed by atoms with van der Waals surface area (Å²) in [5.74, 6) is -0.907. The van der Waals surface area contributed by atoms with Gasteiger partial charge in [0, 0.05) is 29.5 Å². The van der Waals surface area contributed by atoms with E-state index in [-0.39, 0.29) is 5.92 Å². The van der Waals surface area contributed by atoms with Crippen LogP contribution in [0, 0.1) is 5.92 Å². The summed E-state index contributed by atoms with van der Waals surface area (Å²) in [4.78, 5) is 13.6. The first-order valence-electron chi connectivity index (χ1n) is 8.29. The number of carbonyl (C=O) groups is 1. The molecule has 1 aliphatic rings. The summed E-state index contributed by atoms with van der Waals surface area (Å²) < 4.78 is 2.30. The number of aromatic nitrogens is 1. The monoisotopic (exact) mass is 340 g/mol. The Labute approximate surface area is 144 Å². The molecule has 1 N–H and O–H groups in total. The molecule has 1 aliphatic heterocycles. The predicted molar refractivity (Wildman–Crippen MR) is 96.8 cm³/mol. The fourth-order valence-electron chi connectivity index (χ4n) is 3.65. The number of nitrogens with zero attached hydrogens (tertiary/aromatic N) is 2. The molecule has 1 aromatic carbocycles. The zero-order valence-electron chi connectivity index (χ0n) is 13.4. The minimum Gasteiger partial charge on any atom is -0.481 e. The van der Waals surface area contributed by atoms with E-state index in [0.29, 0.717) is 6.54 Å². The van der Waals surface area contributed by atoms with E-state index in [1.165, 1.54) is 22.3 Å². The second-order valence-corrected chi connectivity index (χ2v) is 7.20. The number of aliphatic carboxylic acids is 1. The maximum absolute atomic E-state index is 11.3. The van der Waals surface area contributed by atoms with Crippen LogP contribution >= 0.6 is 11.3 Å². The lowest BCUT2D eigenvalue weighted by Crippen LogP contribution is -2.38. The summed E-state index contributed by atoms with van der Waals surface area (Å²) in [7, 11) is 0. The highest BCUT2D eigenvalue weighted by Gasteiger charge is 2.26. The van der Waals surface area contributed by atoms with Gasteiger partial charge >= 0.3 is 5.97 Å². The minimum absolute atomic E-state index is 0.238. The van der Waals surface area contributed by atoms with Gasteiger partial charge in [-0.3, -0.25) is 9.69 Å². The van der Waals surface area contributed by atoms with Crippen LogP contribution in [-0.4, -0.2) is 33.6 Å². The molecule has 0 saturated carbocycles. The number of carboxylic acid groups (broad SMARTS) is 1. The Bertz CT molecular complexity index is 854. The Balaban J connectivity index is 1.69. The van der Waals surface area contributed by atoms with Crippen LogP contribution in [0.2, 0.25) is 0 Å². The zero-order chi connectivity index (χ0) is 16.5. The van der Waals surface area contributed by atoms with E-state index in [1.807, 2.05) is 0 Å². The average Bonchev–Trinajstić information content (AvgIpc) is 3.21. The summed E-state index contributed by atoms with van der Waals surface area (Å²) in [6, 6.07) is 12.8. The van der Waals surface area contributed by atoms with Crippen molar-refractivity contribution in [2.24, 2.45) is 5.92 Å². The molecular weight excluding hydrogens is 320 g/mol. The second kappa shape index (κ2) is 6.42. The molecule has 4 rings (SSSR count). The van der Waals surface area contributed by atoms with Gasteiger partial charge in [-0.1, -0.05) is 18.2 Å². The van der Waals surface area contributed by atoms with Crippen molar-refractivity contribution in [3.8, 4) is 5.69 Å². The van der Waals surface area contributed by atoms with Gasteiger partial charge in [0.05, 0.1) is 17.1 Å². The summed E-state index contributed by atoms with van der Waals surface area (Å²) in [5, 5.41) is 14.8. The Kier molecular flexibility index (Phi) is 4.12. The summed E-state index contributed by atoms with van der Waals surface area (Å²) in [6.45, 7) is 2.39. The molecule has 1 fully saturated rings. The number of benzene rings is 1. The van der Waals surface area contributed by atoms with Gasteiger partial charge in [-0.25, -0.2) is 0 Å². The molecule has 1 saturated heterocycles. The summed E-state index contributed by atoms with van der Waals surface area (Å²) in [6.07, 6.45) is 1.75. The lowest BCUT2D eigenvalue weighted by molar-refractivity contribution is -0.143. The largest absolute Gasteiger partial charge is 0.481 e. The van der Waals surface area contributed by atoms with Crippen LogP contribution in [0.3, 0.4) is 0 Å². The Morgan fingerprint density at radius 3 is 2.96 bits per heavy atom. The normalized spacial score (nSPS) is 18.9. The van der Waals surface area contributed by atoms with Crippen LogP contribution in [0.25, 0.3) is 16.6 Å². The van der Waals surface area contributed by atoms with Gasteiger partial charge in [-0.15, -0.1) is 0 Å². The molecule has 0 bridgehead atoms. The topological polar surface area (TPSA) is 45.5 Å². The highest BCUT2D eigenvalue weighted by Crippen LogP contribution is 2.28. The quantitative estimate of drug-likeness (QED) is 0.781. The number of hydrogen-bond acceptors (Lipinski definition) is 3. The van der Waals surface area contributed by atoms with Crippen LogP contribution in [0.5, 0.6) is 0 Å². The number of piperidine rings is 1. The third-order valence-electron chi connectivity index (χ3n) is 4.79. The lowest BCUT2D eigenvalue weighted by Gasteiger charge is -2.30. The van der Waals surface area contributed by atoms with Gasteiger partial charge in [-0.05, 0) is 43.0 Å². The molecule has 4 nitrogen and oxygen atoms in total. The number of likely N-dealkylation sites (tertiary alicyclic amines) is 1. The minimum atomic E-state index is -0.668. The molecule has 124 valence electrons. The fraction of sp³-hybridized carbons (Fsp3) is 0.316. The molecule has 1 unspecified atom stereocenters. The Morgan fingerprint density at radius 2 is 2.17 bits per heavy atom. The van der Waals surface area contributed by atoms with Crippen LogP contribution in [0.15, 0.2) is 47.2 Å². The highest BCUT2D eigenvalue weighted by atomic mass is 32.1. The maximum Gasteiger partial charge on any atom is 0.307 e. The molecule has 0 amide bonds. The number of fused-ring (bicyclic) bond motifs is 1. The number of carboxylic acids is 1. The van der Waals surface area contributed by atoms with Gasteiger partial charge in [0.25, 0.3) is 0 Å². The average molecular weight is 340 g/mol. The summed E-state index contributed by atoms with van der Waals surface area (Å²) in [5.41, 5.74) is 3.61. The van der Waals surface area contributed by atoms with Crippen molar-refractivity contribution in [3.63, 3.8) is 0 Å². The van der Waals surface area contributed by atoms with Gasteiger partial charge in [0.15, 0.2) is 0 Å². The van der Waals surface area contributed by atoms with Crippen molar-refractivity contribution >= 4 is 28.2 Å². The van der Waals surface area contributed by atoms with Gasteiger partial charge in [0.1, 0.15) is 0 Å². The van der Waals surface area contributed by atoms with E-state index in [1.54, 1.807) is 11.3 Å². The van der Waals surface area contributed by atoms with Crippen molar-refractivity contribution in [1.29, 1.82) is 0 Å². The Hall–Kier alpha value is -2.11. The van der Waals surface area contributed by atoms with Crippen molar-refractivity contribution in [2.75, 3.05) is 13.1 Å². The lowest BCUT2D eigenvalue weighted by atomic mass is 9.98. The molecule has 1 atom stereocenters. The van der Waals surface area contributed by atoms with Crippen LogP contribution in [-0.2, 0) is 11.3 Å². The SMILES string of the molecule is O=C(O)C1CCCN(Cc2cc3ccccc3n2-c2ccsc2)C1. The van der Waals surface area contributed by atoms with E-state index in [0.717, 1.165) is 25.9 Å². The van der Waals surface area contributed by atoms with E-state index in [2.05, 4.69) is 56.6 Å². The van der Waals surface area contributed by atoms with E-state index in [4.69, 9.17) is 0 Å².